The quantitative estimate of drug-likeness (QED) is 0.935. The number of methoxy groups -OCH3 is 1. The molecule has 1 unspecified atom stereocenters. The number of carbonyl (C=O) groups excluding carboxylic acids is 1. The molecule has 24 heavy (non-hydrogen) atoms. The third-order valence-electron chi connectivity index (χ3n) is 4.02. The molecule has 2 heterocycles. The largest absolute Gasteiger partial charge is 0.496 e. The fourth-order valence-electron chi connectivity index (χ4n) is 2.89. The lowest BCUT2D eigenvalue weighted by Crippen LogP contribution is -2.42. The molecule has 1 saturated heterocycles. The molecule has 1 aromatic carbocycles. The molecule has 0 spiro atoms. The average Bonchev–Trinajstić information content (AvgIpc) is 2.60. The van der Waals surface area contributed by atoms with Crippen molar-refractivity contribution in [3.05, 3.63) is 53.3 Å². The Hall–Kier alpha value is -2.60. The number of morpholine rings is 1. The fraction of sp³-hybridized carbons (Fsp3) is 0.333. The average molecular weight is 327 g/mol. The van der Waals surface area contributed by atoms with Crippen LogP contribution in [-0.2, 0) is 4.74 Å². The minimum absolute atomic E-state index is 0.0682. The Balaban J connectivity index is 1.81. The minimum Gasteiger partial charge on any atom is -0.496 e. The Kier molecular flexibility index (Phi) is 4.66. The molecule has 1 atom stereocenters. The molecule has 1 amide bonds. The summed E-state index contributed by atoms with van der Waals surface area (Å²) in [5.41, 5.74) is 8.69. The van der Waals surface area contributed by atoms with Crippen molar-refractivity contribution < 1.29 is 14.3 Å². The number of aryl methyl sites for hydroxylation is 1. The fourth-order valence-corrected chi connectivity index (χ4v) is 2.89. The number of amides is 1. The standard InChI is InChI=1S/C18H21N3O3/c1-12-9-13(19)10-15(20-12)17-11-21(7-8-24-17)18(22)14-5-3-4-6-16(14)23-2/h3-6,9-10,17H,7-8,11H2,1-2H3,(H2,19,20). The minimum atomic E-state index is -0.278. The van der Waals surface area contributed by atoms with Crippen molar-refractivity contribution in [2.45, 2.75) is 13.0 Å². The molecule has 1 aliphatic heterocycles. The molecule has 0 radical (unpaired) electrons. The number of para-hydroxylation sites is 1. The van der Waals surface area contributed by atoms with E-state index < -0.39 is 0 Å². The van der Waals surface area contributed by atoms with E-state index in [0.717, 1.165) is 11.4 Å². The molecule has 1 fully saturated rings. The first-order valence-electron chi connectivity index (χ1n) is 7.86. The summed E-state index contributed by atoms with van der Waals surface area (Å²) in [5, 5.41) is 0. The second-order valence-electron chi connectivity index (χ2n) is 5.78. The first kappa shape index (κ1) is 16.3. The molecule has 1 aliphatic rings. The van der Waals surface area contributed by atoms with Gasteiger partial charge in [0.2, 0.25) is 0 Å². The highest BCUT2D eigenvalue weighted by Gasteiger charge is 2.28. The van der Waals surface area contributed by atoms with Crippen LogP contribution in [0.25, 0.3) is 0 Å². The molecule has 6 nitrogen and oxygen atoms in total. The maximum atomic E-state index is 12.8. The number of nitrogens with two attached hydrogens (primary N) is 1. The number of nitrogen functional groups attached to an aromatic ring is 1. The van der Waals surface area contributed by atoms with Gasteiger partial charge in [-0.1, -0.05) is 12.1 Å². The van der Waals surface area contributed by atoms with Crippen LogP contribution < -0.4 is 10.5 Å². The van der Waals surface area contributed by atoms with Crippen molar-refractivity contribution in [1.29, 1.82) is 0 Å². The van der Waals surface area contributed by atoms with Gasteiger partial charge < -0.3 is 20.1 Å². The Labute approximate surface area is 141 Å². The highest BCUT2D eigenvalue weighted by atomic mass is 16.5. The van der Waals surface area contributed by atoms with Crippen LogP contribution in [0.15, 0.2) is 36.4 Å². The summed E-state index contributed by atoms with van der Waals surface area (Å²) in [4.78, 5) is 19.1. The Morgan fingerprint density at radius 1 is 1.38 bits per heavy atom. The van der Waals surface area contributed by atoms with Crippen LogP contribution in [0.4, 0.5) is 5.69 Å². The smallest absolute Gasteiger partial charge is 0.257 e. The third kappa shape index (κ3) is 3.33. The Morgan fingerprint density at radius 2 is 2.17 bits per heavy atom. The summed E-state index contributed by atoms with van der Waals surface area (Å²) in [6.07, 6.45) is -0.278. The van der Waals surface area contributed by atoms with E-state index in [2.05, 4.69) is 4.98 Å². The van der Waals surface area contributed by atoms with Crippen molar-refractivity contribution >= 4 is 11.6 Å². The zero-order valence-electron chi connectivity index (χ0n) is 13.9. The first-order chi connectivity index (χ1) is 11.6. The summed E-state index contributed by atoms with van der Waals surface area (Å²) in [6.45, 7) is 3.32. The van der Waals surface area contributed by atoms with Crippen LogP contribution in [0, 0.1) is 6.92 Å². The van der Waals surface area contributed by atoms with Crippen LogP contribution >= 0.6 is 0 Å². The van der Waals surface area contributed by atoms with Crippen LogP contribution in [0.3, 0.4) is 0 Å². The second kappa shape index (κ2) is 6.88. The van der Waals surface area contributed by atoms with Crippen LogP contribution in [-0.4, -0.2) is 42.6 Å². The topological polar surface area (TPSA) is 77.7 Å². The first-order valence-corrected chi connectivity index (χ1v) is 7.86. The molecular formula is C18H21N3O3. The number of benzene rings is 1. The van der Waals surface area contributed by atoms with Crippen LogP contribution in [0.5, 0.6) is 5.75 Å². The van der Waals surface area contributed by atoms with Gasteiger partial charge in [-0.2, -0.15) is 0 Å². The zero-order valence-corrected chi connectivity index (χ0v) is 13.9. The highest BCUT2D eigenvalue weighted by molar-refractivity contribution is 5.97. The van der Waals surface area contributed by atoms with Crippen molar-refractivity contribution in [3.63, 3.8) is 0 Å². The number of pyridine rings is 1. The molecule has 0 bridgehead atoms. The number of rotatable bonds is 3. The van der Waals surface area contributed by atoms with Crippen molar-refractivity contribution in [2.24, 2.45) is 0 Å². The molecule has 0 saturated carbocycles. The number of ether oxygens (including phenoxy) is 2. The maximum absolute atomic E-state index is 12.8. The molecular weight excluding hydrogens is 306 g/mol. The second-order valence-corrected chi connectivity index (χ2v) is 5.78. The molecule has 2 N–H and O–H groups in total. The van der Waals surface area contributed by atoms with E-state index in [1.54, 1.807) is 30.2 Å². The van der Waals surface area contributed by atoms with Gasteiger partial charge in [-0.15, -0.1) is 0 Å². The van der Waals surface area contributed by atoms with E-state index in [-0.39, 0.29) is 12.0 Å². The van der Waals surface area contributed by atoms with Gasteiger partial charge in [0.1, 0.15) is 11.9 Å². The summed E-state index contributed by atoms with van der Waals surface area (Å²) >= 11 is 0. The Morgan fingerprint density at radius 3 is 2.92 bits per heavy atom. The number of aromatic nitrogens is 1. The number of carbonyl (C=O) groups is 1. The lowest BCUT2D eigenvalue weighted by molar-refractivity contribution is -0.0248. The SMILES string of the molecule is COc1ccccc1C(=O)N1CCOC(c2cc(N)cc(C)n2)C1. The maximum Gasteiger partial charge on any atom is 0.257 e. The number of nitrogens with zero attached hydrogens (tertiary/aromatic N) is 2. The molecule has 0 aliphatic carbocycles. The van der Waals surface area contributed by atoms with Gasteiger partial charge in [-0.3, -0.25) is 9.78 Å². The Bertz CT molecular complexity index is 728. The molecule has 126 valence electrons. The normalized spacial score (nSPS) is 17.6. The van der Waals surface area contributed by atoms with Gasteiger partial charge in [0.25, 0.3) is 5.91 Å². The van der Waals surface area contributed by atoms with E-state index in [1.165, 1.54) is 0 Å². The number of hydrogen-bond donors (Lipinski definition) is 1. The summed E-state index contributed by atoms with van der Waals surface area (Å²) < 4.78 is 11.1. The van der Waals surface area contributed by atoms with Gasteiger partial charge in [0.15, 0.2) is 0 Å². The number of hydrogen-bond acceptors (Lipinski definition) is 5. The summed E-state index contributed by atoms with van der Waals surface area (Å²) in [6, 6.07) is 10.8. The summed E-state index contributed by atoms with van der Waals surface area (Å²) in [5.74, 6) is 0.504. The zero-order chi connectivity index (χ0) is 17.1. The van der Waals surface area contributed by atoms with Crippen molar-refractivity contribution in [2.75, 3.05) is 32.5 Å². The molecule has 1 aromatic heterocycles. The molecule has 2 aromatic rings. The van der Waals surface area contributed by atoms with E-state index in [9.17, 15) is 4.79 Å². The van der Waals surface area contributed by atoms with Gasteiger partial charge in [0.05, 0.1) is 31.5 Å². The van der Waals surface area contributed by atoms with Gasteiger partial charge in [-0.25, -0.2) is 0 Å². The highest BCUT2D eigenvalue weighted by Crippen LogP contribution is 2.26. The summed E-state index contributed by atoms with van der Waals surface area (Å²) in [7, 11) is 1.56. The van der Waals surface area contributed by atoms with Gasteiger partial charge in [-0.05, 0) is 31.2 Å². The number of anilines is 1. The van der Waals surface area contributed by atoms with Crippen LogP contribution in [0.1, 0.15) is 27.8 Å². The van der Waals surface area contributed by atoms with E-state index >= 15 is 0 Å². The lowest BCUT2D eigenvalue weighted by Gasteiger charge is -2.33. The third-order valence-corrected chi connectivity index (χ3v) is 4.02. The molecule has 6 heteroatoms. The van der Waals surface area contributed by atoms with Crippen LogP contribution in [0.2, 0.25) is 0 Å². The molecule has 3 rings (SSSR count). The predicted octanol–water partition coefficient (Wildman–Crippen LogP) is 2.19. The van der Waals surface area contributed by atoms with E-state index in [0.29, 0.717) is 36.7 Å². The lowest BCUT2D eigenvalue weighted by atomic mass is 10.1. The van der Waals surface area contributed by atoms with E-state index in [4.69, 9.17) is 15.2 Å². The van der Waals surface area contributed by atoms with Crippen molar-refractivity contribution in [1.82, 2.24) is 9.88 Å². The van der Waals surface area contributed by atoms with Gasteiger partial charge >= 0.3 is 0 Å². The van der Waals surface area contributed by atoms with Crippen molar-refractivity contribution in [3.8, 4) is 5.75 Å². The monoisotopic (exact) mass is 327 g/mol. The van der Waals surface area contributed by atoms with E-state index in [1.807, 2.05) is 25.1 Å². The predicted molar refractivity (Wildman–Crippen MR) is 91.0 cm³/mol. The van der Waals surface area contributed by atoms with Gasteiger partial charge in [0, 0.05) is 17.9 Å².